The molecule has 0 aromatic heterocycles. The van der Waals surface area contributed by atoms with Crippen molar-refractivity contribution in [2.75, 3.05) is 27.2 Å². The number of unbranched alkanes of at least 4 members (excludes halogenated alkanes) is 14. The molecule has 0 N–H and O–H groups in total. The molecule has 0 fully saturated rings. The van der Waals surface area contributed by atoms with Gasteiger partial charge in [0.1, 0.15) is 0 Å². The Morgan fingerprint density at radius 2 is 1.07 bits per heavy atom. The summed E-state index contributed by atoms with van der Waals surface area (Å²) < 4.78 is 6.04. The third-order valence-corrected chi connectivity index (χ3v) is 7.47. The molecule has 0 aliphatic rings. The van der Waals surface area contributed by atoms with E-state index in [1.54, 1.807) is 0 Å². The summed E-state index contributed by atoms with van der Waals surface area (Å²) in [6.07, 6.45) is 24.3. The minimum absolute atomic E-state index is 0.389. The first-order valence-corrected chi connectivity index (χ1v) is 14.0. The first-order valence-electron chi connectivity index (χ1n) is 12.7. The maximum absolute atomic E-state index is 6.04. The van der Waals surface area contributed by atoms with Gasteiger partial charge in [-0.3, -0.25) is 0 Å². The summed E-state index contributed by atoms with van der Waals surface area (Å²) >= 11 is 0. The van der Waals surface area contributed by atoms with E-state index in [0.717, 1.165) is 13.2 Å². The van der Waals surface area contributed by atoms with Gasteiger partial charge in [0, 0.05) is 6.61 Å². The molecule has 0 aliphatic heterocycles. The average Bonchev–Trinajstić information content (AvgIpc) is 2.64. The number of hydrogen-bond donors (Lipinski definition) is 0. The summed E-state index contributed by atoms with van der Waals surface area (Å²) in [5.41, 5.74) is 0. The van der Waals surface area contributed by atoms with Crippen LogP contribution in [0.15, 0.2) is 0 Å². The quantitative estimate of drug-likeness (QED) is 0.134. The summed E-state index contributed by atoms with van der Waals surface area (Å²) in [4.78, 5) is 2.24. The number of rotatable bonds is 22. The summed E-state index contributed by atoms with van der Waals surface area (Å²) in [5, 5.41) is 0.481. The van der Waals surface area contributed by atoms with Gasteiger partial charge in [-0.05, 0) is 38.5 Å². The zero-order chi connectivity index (χ0) is 20.9. The van der Waals surface area contributed by atoms with Crippen LogP contribution < -0.4 is 0 Å². The van der Waals surface area contributed by atoms with Gasteiger partial charge in [-0.15, -0.1) is 0 Å². The van der Waals surface area contributed by atoms with Crippen molar-refractivity contribution in [1.29, 1.82) is 0 Å². The van der Waals surface area contributed by atoms with Gasteiger partial charge in [-0.2, -0.15) is 0 Å². The maximum Gasteiger partial charge on any atom is 0.167 e. The predicted molar refractivity (Wildman–Crippen MR) is 131 cm³/mol. The Hall–Kier alpha value is 0.137. The van der Waals surface area contributed by atoms with Crippen LogP contribution in [0.3, 0.4) is 0 Å². The summed E-state index contributed by atoms with van der Waals surface area (Å²) in [6, 6.07) is 0. The molecule has 0 heterocycles. The van der Waals surface area contributed by atoms with E-state index in [1.807, 2.05) is 0 Å². The highest BCUT2D eigenvalue weighted by molar-refractivity contribution is 6.31. The zero-order valence-corrected chi connectivity index (χ0v) is 21.9. The molecule has 0 bridgehead atoms. The molecule has 0 aromatic carbocycles. The molecule has 0 aromatic rings. The van der Waals surface area contributed by atoms with Crippen molar-refractivity contribution < 1.29 is 4.43 Å². The fourth-order valence-corrected chi connectivity index (χ4v) is 5.17. The van der Waals surface area contributed by atoms with Gasteiger partial charge in [0.25, 0.3) is 0 Å². The largest absolute Gasteiger partial charge is 0.423 e. The lowest BCUT2D eigenvalue weighted by Crippen LogP contribution is -2.19. The van der Waals surface area contributed by atoms with Gasteiger partial charge < -0.3 is 9.33 Å². The van der Waals surface area contributed by atoms with Crippen molar-refractivity contribution in [3.63, 3.8) is 0 Å². The van der Waals surface area contributed by atoms with Crippen LogP contribution in [0, 0.1) is 0 Å². The van der Waals surface area contributed by atoms with Gasteiger partial charge in [0.15, 0.2) is 9.76 Å². The van der Waals surface area contributed by atoms with E-state index in [4.69, 9.17) is 4.43 Å². The van der Waals surface area contributed by atoms with Gasteiger partial charge in [0.05, 0.1) is 0 Å². The highest BCUT2D eigenvalue weighted by Crippen LogP contribution is 2.30. The van der Waals surface area contributed by atoms with E-state index >= 15 is 0 Å². The van der Waals surface area contributed by atoms with Crippen LogP contribution >= 0.6 is 0 Å². The third-order valence-electron chi connectivity index (χ3n) is 5.84. The van der Waals surface area contributed by atoms with Gasteiger partial charge in [0.2, 0.25) is 0 Å². The molecule has 0 saturated heterocycles. The second-order valence-corrected chi connectivity index (χ2v) is 12.7. The maximum atomic E-state index is 6.04. The van der Waals surface area contributed by atoms with Crippen LogP contribution in [0.4, 0.5) is 0 Å². The molecule has 0 rings (SSSR count). The lowest BCUT2D eigenvalue weighted by Gasteiger charge is -2.24. The Morgan fingerprint density at radius 1 is 0.643 bits per heavy atom. The fourth-order valence-electron chi connectivity index (χ4n) is 3.88. The topological polar surface area (TPSA) is 12.5 Å². The number of hydrogen-bond acceptors (Lipinski definition) is 2. The van der Waals surface area contributed by atoms with Crippen LogP contribution in [0.1, 0.15) is 130 Å². The van der Waals surface area contributed by atoms with Crippen molar-refractivity contribution in [1.82, 2.24) is 4.90 Å². The molecule has 0 saturated carbocycles. The first-order chi connectivity index (χ1) is 13.5. The van der Waals surface area contributed by atoms with E-state index in [0.29, 0.717) is 5.04 Å². The van der Waals surface area contributed by atoms with Crippen LogP contribution in [0.25, 0.3) is 0 Å². The van der Waals surface area contributed by atoms with Gasteiger partial charge in [-0.25, -0.2) is 0 Å². The lowest BCUT2D eigenvalue weighted by molar-refractivity contribution is 0.279. The summed E-state index contributed by atoms with van der Waals surface area (Å²) in [7, 11) is 3.88. The predicted octanol–water partition coefficient (Wildman–Crippen LogP) is 7.50. The minimum atomic E-state index is -0.389. The monoisotopic (exact) mass is 413 g/mol. The number of nitrogens with zero attached hydrogens (tertiary/aromatic N) is 1. The summed E-state index contributed by atoms with van der Waals surface area (Å²) in [5.74, 6) is 0. The molecule has 0 radical (unpaired) electrons. The Bertz CT molecular complexity index is 307. The van der Waals surface area contributed by atoms with Crippen molar-refractivity contribution >= 4 is 9.76 Å². The molecule has 0 amide bonds. The smallest absolute Gasteiger partial charge is 0.167 e. The normalized spacial score (nSPS) is 12.6. The molecule has 28 heavy (non-hydrogen) atoms. The van der Waals surface area contributed by atoms with E-state index in [9.17, 15) is 0 Å². The second kappa shape index (κ2) is 20.4. The molecule has 0 spiro atoms. The fraction of sp³-hybridized carbons (Fsp3) is 1.00. The highest BCUT2D eigenvalue weighted by atomic mass is 28.2. The van der Waals surface area contributed by atoms with Gasteiger partial charge >= 0.3 is 0 Å². The van der Waals surface area contributed by atoms with Crippen LogP contribution in [0.2, 0.25) is 5.04 Å². The zero-order valence-electron chi connectivity index (χ0n) is 20.5. The lowest BCUT2D eigenvalue weighted by atomic mass is 10.0. The second-order valence-electron chi connectivity index (χ2n) is 10.1. The average molecular weight is 414 g/mol. The molecule has 0 aliphatic carbocycles. The van der Waals surface area contributed by atoms with Crippen molar-refractivity contribution in [3.05, 3.63) is 0 Å². The Kier molecular flexibility index (Phi) is 20.5. The van der Waals surface area contributed by atoms with Crippen molar-refractivity contribution in [2.45, 2.75) is 135 Å². The van der Waals surface area contributed by atoms with Gasteiger partial charge in [-0.1, -0.05) is 117 Å². The van der Waals surface area contributed by atoms with Crippen LogP contribution in [-0.2, 0) is 4.43 Å². The Balaban J connectivity index is 3.27. The molecule has 2 nitrogen and oxygen atoms in total. The third kappa shape index (κ3) is 22.4. The van der Waals surface area contributed by atoms with Crippen molar-refractivity contribution in [3.8, 4) is 0 Å². The molecule has 0 unspecified atom stereocenters. The standard InChI is InChI=1S/C25H55NOSi/c1-6-7-8-9-10-11-12-13-14-15-16-17-18-19-20-22-25(2,3)28-27-24-21-23-26(4)5/h6-24,28H2,1-5H3. The van der Waals surface area contributed by atoms with E-state index in [-0.39, 0.29) is 9.76 Å². The first kappa shape index (κ1) is 28.1. The van der Waals surface area contributed by atoms with E-state index < -0.39 is 0 Å². The van der Waals surface area contributed by atoms with E-state index in [2.05, 4.69) is 39.8 Å². The van der Waals surface area contributed by atoms with Crippen LogP contribution in [-0.4, -0.2) is 41.9 Å². The summed E-state index contributed by atoms with van der Waals surface area (Å²) in [6.45, 7) is 9.26. The SMILES string of the molecule is CCCCCCCCCCCCCCCCCC(C)(C)[SiH2]OCCCN(C)C. The minimum Gasteiger partial charge on any atom is -0.423 e. The molecule has 3 heteroatoms. The molecule has 0 atom stereocenters. The Morgan fingerprint density at radius 3 is 1.50 bits per heavy atom. The Labute approximate surface area is 181 Å². The highest BCUT2D eigenvalue weighted by Gasteiger charge is 2.18. The molecule has 170 valence electrons. The van der Waals surface area contributed by atoms with Crippen LogP contribution in [0.5, 0.6) is 0 Å². The van der Waals surface area contributed by atoms with Crippen molar-refractivity contribution in [2.24, 2.45) is 0 Å². The molecular formula is C25H55NOSi. The molecular weight excluding hydrogens is 358 g/mol. The van der Waals surface area contributed by atoms with E-state index in [1.165, 1.54) is 109 Å².